The van der Waals surface area contributed by atoms with Crippen molar-refractivity contribution >= 4 is 5.78 Å². The highest BCUT2D eigenvalue weighted by molar-refractivity contribution is 5.75. The first-order valence-corrected chi connectivity index (χ1v) is 4.65. The zero-order chi connectivity index (χ0) is 9.98. The fourth-order valence-corrected chi connectivity index (χ4v) is 0.912. The Morgan fingerprint density at radius 1 is 1.42 bits per heavy atom. The fourth-order valence-electron chi connectivity index (χ4n) is 0.912. The molecule has 0 radical (unpaired) electrons. The van der Waals surface area contributed by atoms with Gasteiger partial charge in [-0.05, 0) is 19.3 Å². The quantitative estimate of drug-likeness (QED) is 0.640. The SMILES string of the molecule is CC.COCCC(C)CC(C)=O. The summed E-state index contributed by atoms with van der Waals surface area (Å²) in [5, 5.41) is 0. The minimum atomic E-state index is 0.267. The third-order valence-electron chi connectivity index (χ3n) is 1.45. The van der Waals surface area contributed by atoms with Gasteiger partial charge in [0.2, 0.25) is 0 Å². The smallest absolute Gasteiger partial charge is 0.130 e. The predicted molar refractivity (Wildman–Crippen MR) is 52.3 cm³/mol. The standard InChI is InChI=1S/C8H16O2.C2H6/c1-7(4-5-10-3)6-8(2)9;1-2/h7H,4-6H2,1-3H3;1-2H3. The molecule has 12 heavy (non-hydrogen) atoms. The van der Waals surface area contributed by atoms with Crippen LogP contribution in [0.15, 0.2) is 0 Å². The number of hydrogen-bond donors (Lipinski definition) is 0. The third kappa shape index (κ3) is 12.3. The van der Waals surface area contributed by atoms with Crippen molar-refractivity contribution in [3.8, 4) is 0 Å². The van der Waals surface area contributed by atoms with Crippen LogP contribution in [0.4, 0.5) is 0 Å². The van der Waals surface area contributed by atoms with Gasteiger partial charge in [0.1, 0.15) is 5.78 Å². The van der Waals surface area contributed by atoms with Crippen LogP contribution in [0.3, 0.4) is 0 Å². The number of hydrogen-bond acceptors (Lipinski definition) is 2. The zero-order valence-corrected chi connectivity index (χ0v) is 9.02. The van der Waals surface area contributed by atoms with Crippen molar-refractivity contribution < 1.29 is 9.53 Å². The van der Waals surface area contributed by atoms with Gasteiger partial charge in [0.05, 0.1) is 0 Å². The van der Waals surface area contributed by atoms with Crippen LogP contribution in [-0.4, -0.2) is 19.5 Å². The van der Waals surface area contributed by atoms with Gasteiger partial charge in [0.15, 0.2) is 0 Å². The summed E-state index contributed by atoms with van der Waals surface area (Å²) in [7, 11) is 1.68. The van der Waals surface area contributed by atoms with E-state index in [0.717, 1.165) is 13.0 Å². The summed E-state index contributed by atoms with van der Waals surface area (Å²) in [4.78, 5) is 10.6. The molecule has 1 unspecified atom stereocenters. The Morgan fingerprint density at radius 3 is 2.25 bits per heavy atom. The van der Waals surface area contributed by atoms with Gasteiger partial charge in [-0.2, -0.15) is 0 Å². The van der Waals surface area contributed by atoms with Gasteiger partial charge in [0, 0.05) is 20.1 Å². The van der Waals surface area contributed by atoms with Crippen molar-refractivity contribution in [2.24, 2.45) is 5.92 Å². The highest BCUT2D eigenvalue weighted by Gasteiger charge is 2.03. The molecule has 1 atom stereocenters. The van der Waals surface area contributed by atoms with E-state index in [1.54, 1.807) is 14.0 Å². The van der Waals surface area contributed by atoms with Crippen molar-refractivity contribution in [2.45, 2.75) is 40.5 Å². The number of ether oxygens (including phenoxy) is 1. The fraction of sp³-hybridized carbons (Fsp3) is 0.900. The first-order valence-electron chi connectivity index (χ1n) is 4.65. The van der Waals surface area contributed by atoms with Crippen LogP contribution < -0.4 is 0 Å². The first-order chi connectivity index (χ1) is 5.66. The number of methoxy groups -OCH3 is 1. The predicted octanol–water partition coefficient (Wildman–Crippen LogP) is 2.66. The molecule has 0 bridgehead atoms. The number of carbonyl (C=O) groups is 1. The molecule has 2 nitrogen and oxygen atoms in total. The summed E-state index contributed by atoms with van der Waals surface area (Å²) in [6.45, 7) is 8.46. The van der Waals surface area contributed by atoms with E-state index in [2.05, 4.69) is 6.92 Å². The molecule has 0 amide bonds. The van der Waals surface area contributed by atoms with Gasteiger partial charge in [0.25, 0.3) is 0 Å². The molecule has 0 N–H and O–H groups in total. The largest absolute Gasteiger partial charge is 0.385 e. The summed E-state index contributed by atoms with van der Waals surface area (Å²) in [6.07, 6.45) is 1.67. The van der Waals surface area contributed by atoms with Crippen molar-refractivity contribution in [1.82, 2.24) is 0 Å². The molecule has 0 spiro atoms. The minimum absolute atomic E-state index is 0.267. The van der Waals surface area contributed by atoms with Crippen LogP contribution in [0.25, 0.3) is 0 Å². The Bertz CT molecular complexity index is 100. The van der Waals surface area contributed by atoms with Gasteiger partial charge in [-0.3, -0.25) is 0 Å². The Hall–Kier alpha value is -0.370. The molecule has 0 aliphatic rings. The monoisotopic (exact) mass is 174 g/mol. The van der Waals surface area contributed by atoms with Crippen molar-refractivity contribution in [2.75, 3.05) is 13.7 Å². The van der Waals surface area contributed by atoms with E-state index in [1.165, 1.54) is 0 Å². The van der Waals surface area contributed by atoms with E-state index in [9.17, 15) is 4.79 Å². The summed E-state index contributed by atoms with van der Waals surface area (Å²) in [5.74, 6) is 0.737. The number of ketones is 1. The van der Waals surface area contributed by atoms with Crippen LogP contribution in [0.2, 0.25) is 0 Å². The molecule has 0 aliphatic carbocycles. The molecule has 0 saturated heterocycles. The maximum Gasteiger partial charge on any atom is 0.130 e. The molecule has 0 aliphatic heterocycles. The molecular weight excluding hydrogens is 152 g/mol. The highest BCUT2D eigenvalue weighted by Crippen LogP contribution is 2.06. The lowest BCUT2D eigenvalue weighted by molar-refractivity contribution is -0.117. The van der Waals surface area contributed by atoms with Crippen molar-refractivity contribution in [1.29, 1.82) is 0 Å². The second-order valence-corrected chi connectivity index (χ2v) is 2.79. The van der Waals surface area contributed by atoms with Crippen LogP contribution in [0.5, 0.6) is 0 Å². The molecule has 0 rings (SSSR count). The summed E-state index contributed by atoms with van der Waals surface area (Å²) < 4.78 is 4.88. The molecule has 74 valence electrons. The Kier molecular flexibility index (Phi) is 12.6. The molecule has 0 fully saturated rings. The lowest BCUT2D eigenvalue weighted by Gasteiger charge is -2.06. The van der Waals surface area contributed by atoms with Gasteiger partial charge < -0.3 is 9.53 Å². The average molecular weight is 174 g/mol. The molecule has 0 aromatic rings. The number of carbonyl (C=O) groups excluding carboxylic acids is 1. The van der Waals surface area contributed by atoms with E-state index in [1.807, 2.05) is 13.8 Å². The third-order valence-corrected chi connectivity index (χ3v) is 1.45. The molecule has 0 saturated carbocycles. The lowest BCUT2D eigenvalue weighted by atomic mass is 10.0. The highest BCUT2D eigenvalue weighted by atomic mass is 16.5. The van der Waals surface area contributed by atoms with Gasteiger partial charge in [-0.25, -0.2) is 0 Å². The number of rotatable bonds is 5. The summed E-state index contributed by atoms with van der Waals surface area (Å²) in [6, 6.07) is 0. The van der Waals surface area contributed by atoms with E-state index in [-0.39, 0.29) is 5.78 Å². The molecule has 0 heterocycles. The van der Waals surface area contributed by atoms with Crippen molar-refractivity contribution in [3.63, 3.8) is 0 Å². The average Bonchev–Trinajstić information content (AvgIpc) is 2.03. The molecular formula is C10H22O2. The maximum atomic E-state index is 10.6. The maximum absolute atomic E-state index is 10.6. The van der Waals surface area contributed by atoms with E-state index in [4.69, 9.17) is 4.74 Å². The van der Waals surface area contributed by atoms with Crippen LogP contribution in [0, 0.1) is 5.92 Å². The minimum Gasteiger partial charge on any atom is -0.385 e. The first kappa shape index (κ1) is 14.2. The second-order valence-electron chi connectivity index (χ2n) is 2.79. The van der Waals surface area contributed by atoms with E-state index < -0.39 is 0 Å². The number of Topliss-reactive ketones (excluding diaryl/α,β-unsaturated/α-hetero) is 1. The van der Waals surface area contributed by atoms with Crippen LogP contribution >= 0.6 is 0 Å². The molecule has 0 aromatic carbocycles. The normalized spacial score (nSPS) is 11.4. The summed E-state index contributed by atoms with van der Waals surface area (Å²) in [5.41, 5.74) is 0. The Morgan fingerprint density at radius 2 is 1.92 bits per heavy atom. The summed E-state index contributed by atoms with van der Waals surface area (Å²) >= 11 is 0. The van der Waals surface area contributed by atoms with Gasteiger partial charge >= 0.3 is 0 Å². The second kappa shape index (κ2) is 10.6. The lowest BCUT2D eigenvalue weighted by Crippen LogP contribution is -2.04. The Labute approximate surface area is 76.3 Å². The topological polar surface area (TPSA) is 26.3 Å². The van der Waals surface area contributed by atoms with Gasteiger partial charge in [-0.15, -0.1) is 0 Å². The molecule has 2 heteroatoms. The Balaban J connectivity index is 0. The van der Waals surface area contributed by atoms with Crippen LogP contribution in [-0.2, 0) is 9.53 Å². The molecule has 0 aromatic heterocycles. The van der Waals surface area contributed by atoms with E-state index in [0.29, 0.717) is 12.3 Å². The van der Waals surface area contributed by atoms with Gasteiger partial charge in [-0.1, -0.05) is 20.8 Å². The van der Waals surface area contributed by atoms with Crippen LogP contribution in [0.1, 0.15) is 40.5 Å². The zero-order valence-electron chi connectivity index (χ0n) is 9.02. The van der Waals surface area contributed by atoms with Crippen molar-refractivity contribution in [3.05, 3.63) is 0 Å². The van der Waals surface area contributed by atoms with E-state index >= 15 is 0 Å².